The summed E-state index contributed by atoms with van der Waals surface area (Å²) in [6, 6.07) is 0. The van der Waals surface area contributed by atoms with Gasteiger partial charge >= 0.3 is 0 Å². The molecule has 0 saturated carbocycles. The summed E-state index contributed by atoms with van der Waals surface area (Å²) in [5.41, 5.74) is 5.34. The lowest BCUT2D eigenvalue weighted by atomic mass is 9.91. The fourth-order valence-corrected chi connectivity index (χ4v) is 1.62. The van der Waals surface area contributed by atoms with Gasteiger partial charge < -0.3 is 11.1 Å². The van der Waals surface area contributed by atoms with Crippen molar-refractivity contribution in [2.75, 3.05) is 19.6 Å². The first-order valence-corrected chi connectivity index (χ1v) is 4.78. The highest BCUT2D eigenvalue weighted by molar-refractivity contribution is 5.81. The molecule has 0 bridgehead atoms. The second-order valence-corrected chi connectivity index (χ2v) is 3.38. The number of piperidine rings is 1. The standard InChI is InChI=1S/C9H18N2O/c10-5-1-2-9(12)8-3-6-11-7-4-8/h8,11H,1-7,10H2. The fraction of sp³-hybridized carbons (Fsp3) is 0.889. The van der Waals surface area contributed by atoms with Crippen molar-refractivity contribution in [3.05, 3.63) is 0 Å². The maximum atomic E-state index is 11.5. The first-order chi connectivity index (χ1) is 5.84. The van der Waals surface area contributed by atoms with E-state index in [2.05, 4.69) is 5.32 Å². The Morgan fingerprint density at radius 2 is 2.08 bits per heavy atom. The van der Waals surface area contributed by atoms with Crippen LogP contribution in [0.15, 0.2) is 0 Å². The van der Waals surface area contributed by atoms with Crippen molar-refractivity contribution in [2.24, 2.45) is 11.7 Å². The molecule has 70 valence electrons. The zero-order chi connectivity index (χ0) is 8.81. The van der Waals surface area contributed by atoms with Crippen molar-refractivity contribution in [3.63, 3.8) is 0 Å². The van der Waals surface area contributed by atoms with Crippen LogP contribution in [0.1, 0.15) is 25.7 Å². The Morgan fingerprint density at radius 1 is 1.42 bits per heavy atom. The summed E-state index contributed by atoms with van der Waals surface area (Å²) < 4.78 is 0. The van der Waals surface area contributed by atoms with Crippen LogP contribution >= 0.6 is 0 Å². The Labute approximate surface area is 73.7 Å². The molecule has 0 aromatic rings. The van der Waals surface area contributed by atoms with Crippen LogP contribution < -0.4 is 11.1 Å². The predicted molar refractivity (Wildman–Crippen MR) is 48.9 cm³/mol. The van der Waals surface area contributed by atoms with Gasteiger partial charge in [0.2, 0.25) is 0 Å². The maximum Gasteiger partial charge on any atom is 0.136 e. The van der Waals surface area contributed by atoms with Gasteiger partial charge in [-0.3, -0.25) is 4.79 Å². The van der Waals surface area contributed by atoms with E-state index in [9.17, 15) is 4.79 Å². The number of nitrogens with one attached hydrogen (secondary N) is 1. The lowest BCUT2D eigenvalue weighted by molar-refractivity contribution is -0.123. The van der Waals surface area contributed by atoms with Crippen LogP contribution in [-0.4, -0.2) is 25.4 Å². The summed E-state index contributed by atoms with van der Waals surface area (Å²) in [6.07, 6.45) is 3.57. The molecule has 1 aliphatic heterocycles. The van der Waals surface area contributed by atoms with E-state index < -0.39 is 0 Å². The van der Waals surface area contributed by atoms with Crippen molar-refractivity contribution >= 4 is 5.78 Å². The van der Waals surface area contributed by atoms with Gasteiger partial charge in [-0.1, -0.05) is 0 Å². The first kappa shape index (κ1) is 9.68. The second-order valence-electron chi connectivity index (χ2n) is 3.38. The highest BCUT2D eigenvalue weighted by atomic mass is 16.1. The molecule has 12 heavy (non-hydrogen) atoms. The molecule has 1 saturated heterocycles. The number of hydrogen-bond donors (Lipinski definition) is 2. The van der Waals surface area contributed by atoms with Gasteiger partial charge in [-0.15, -0.1) is 0 Å². The van der Waals surface area contributed by atoms with Crippen LogP contribution in [0.5, 0.6) is 0 Å². The van der Waals surface area contributed by atoms with Gasteiger partial charge in [-0.25, -0.2) is 0 Å². The third-order valence-electron chi connectivity index (χ3n) is 2.42. The second kappa shape index (κ2) is 5.27. The highest BCUT2D eigenvalue weighted by Gasteiger charge is 2.19. The van der Waals surface area contributed by atoms with E-state index in [4.69, 9.17) is 5.73 Å². The minimum absolute atomic E-state index is 0.317. The lowest BCUT2D eigenvalue weighted by Gasteiger charge is -2.21. The van der Waals surface area contributed by atoms with Crippen LogP contribution in [0.25, 0.3) is 0 Å². The van der Waals surface area contributed by atoms with Crippen molar-refractivity contribution in [2.45, 2.75) is 25.7 Å². The Kier molecular flexibility index (Phi) is 4.25. The quantitative estimate of drug-likeness (QED) is 0.638. The average molecular weight is 170 g/mol. The molecule has 1 fully saturated rings. The van der Waals surface area contributed by atoms with Gasteiger partial charge in [0.05, 0.1) is 0 Å². The predicted octanol–water partition coefficient (Wildman–Crippen LogP) is 0.294. The SMILES string of the molecule is NCCCC(=O)C1CCNCC1. The number of hydrogen-bond acceptors (Lipinski definition) is 3. The van der Waals surface area contributed by atoms with Crippen LogP contribution in [0.3, 0.4) is 0 Å². The minimum atomic E-state index is 0.317. The van der Waals surface area contributed by atoms with Gasteiger partial charge in [0.1, 0.15) is 5.78 Å². The van der Waals surface area contributed by atoms with E-state index in [1.165, 1.54) is 0 Å². The molecule has 1 aliphatic rings. The molecule has 0 spiro atoms. The van der Waals surface area contributed by atoms with Crippen molar-refractivity contribution < 1.29 is 4.79 Å². The highest BCUT2D eigenvalue weighted by Crippen LogP contribution is 2.14. The minimum Gasteiger partial charge on any atom is -0.330 e. The molecule has 0 aliphatic carbocycles. The van der Waals surface area contributed by atoms with E-state index in [1.54, 1.807) is 0 Å². The molecule has 3 nitrogen and oxygen atoms in total. The van der Waals surface area contributed by atoms with Crippen molar-refractivity contribution in [3.8, 4) is 0 Å². The average Bonchev–Trinajstić information content (AvgIpc) is 2.15. The van der Waals surface area contributed by atoms with Gasteiger partial charge in [0.25, 0.3) is 0 Å². The summed E-state index contributed by atoms with van der Waals surface area (Å²) >= 11 is 0. The molecule has 1 heterocycles. The van der Waals surface area contributed by atoms with E-state index in [-0.39, 0.29) is 0 Å². The Morgan fingerprint density at radius 3 is 2.67 bits per heavy atom. The van der Waals surface area contributed by atoms with Crippen molar-refractivity contribution in [1.82, 2.24) is 5.32 Å². The molecule has 0 atom stereocenters. The molecular weight excluding hydrogens is 152 g/mol. The summed E-state index contributed by atoms with van der Waals surface area (Å²) in [7, 11) is 0. The topological polar surface area (TPSA) is 55.1 Å². The number of ketones is 1. The van der Waals surface area contributed by atoms with Crippen LogP contribution in [-0.2, 0) is 4.79 Å². The Balaban J connectivity index is 2.20. The number of carbonyl (C=O) groups is 1. The smallest absolute Gasteiger partial charge is 0.136 e. The van der Waals surface area contributed by atoms with Gasteiger partial charge in [0, 0.05) is 12.3 Å². The zero-order valence-electron chi connectivity index (χ0n) is 7.51. The first-order valence-electron chi connectivity index (χ1n) is 4.78. The fourth-order valence-electron chi connectivity index (χ4n) is 1.62. The Hall–Kier alpha value is -0.410. The van der Waals surface area contributed by atoms with E-state index >= 15 is 0 Å². The summed E-state index contributed by atoms with van der Waals surface area (Å²) in [4.78, 5) is 11.5. The van der Waals surface area contributed by atoms with E-state index in [0.29, 0.717) is 24.7 Å². The molecule has 3 N–H and O–H groups in total. The molecule has 0 unspecified atom stereocenters. The number of rotatable bonds is 4. The number of Topliss-reactive ketones (excluding diaryl/α,β-unsaturated/α-hetero) is 1. The molecule has 0 radical (unpaired) electrons. The summed E-state index contributed by atoms with van der Waals surface area (Å²) in [6.45, 7) is 2.63. The van der Waals surface area contributed by atoms with E-state index in [1.807, 2.05) is 0 Å². The summed E-state index contributed by atoms with van der Waals surface area (Å²) in [5, 5.41) is 3.25. The largest absolute Gasteiger partial charge is 0.330 e. The third kappa shape index (κ3) is 2.91. The molecular formula is C9H18N2O. The van der Waals surface area contributed by atoms with Gasteiger partial charge in [-0.2, -0.15) is 0 Å². The maximum absolute atomic E-state index is 11.5. The zero-order valence-corrected chi connectivity index (χ0v) is 7.51. The lowest BCUT2D eigenvalue weighted by Crippen LogP contribution is -2.31. The Bertz CT molecular complexity index is 141. The molecule has 3 heteroatoms. The third-order valence-corrected chi connectivity index (χ3v) is 2.42. The van der Waals surface area contributed by atoms with Gasteiger partial charge in [0.15, 0.2) is 0 Å². The van der Waals surface area contributed by atoms with E-state index in [0.717, 1.165) is 32.4 Å². The molecule has 0 aromatic carbocycles. The normalized spacial score (nSPS) is 19.4. The molecule has 1 rings (SSSR count). The number of nitrogens with two attached hydrogens (primary N) is 1. The molecule has 0 amide bonds. The monoisotopic (exact) mass is 170 g/mol. The number of carbonyl (C=O) groups excluding carboxylic acids is 1. The van der Waals surface area contributed by atoms with Crippen LogP contribution in [0.2, 0.25) is 0 Å². The molecule has 0 aromatic heterocycles. The van der Waals surface area contributed by atoms with Crippen molar-refractivity contribution in [1.29, 1.82) is 0 Å². The van der Waals surface area contributed by atoms with Crippen LogP contribution in [0, 0.1) is 5.92 Å². The van der Waals surface area contributed by atoms with Crippen LogP contribution in [0.4, 0.5) is 0 Å². The summed E-state index contributed by atoms with van der Waals surface area (Å²) in [5.74, 6) is 0.736. The van der Waals surface area contributed by atoms with Gasteiger partial charge in [-0.05, 0) is 38.9 Å².